The Kier molecular flexibility index (Phi) is 8.42. The second kappa shape index (κ2) is 11.5. The molecule has 7 nitrogen and oxygen atoms in total. The van der Waals surface area contributed by atoms with Gasteiger partial charge in [0.25, 0.3) is 5.91 Å². The van der Waals surface area contributed by atoms with E-state index in [1.807, 2.05) is 44.2 Å². The first-order valence-corrected chi connectivity index (χ1v) is 11.1. The molecule has 1 amide bonds. The lowest BCUT2D eigenvalue weighted by Crippen LogP contribution is -2.24. The Bertz CT molecular complexity index is 1190. The van der Waals surface area contributed by atoms with Crippen LogP contribution in [0.3, 0.4) is 0 Å². The van der Waals surface area contributed by atoms with Gasteiger partial charge in [0.15, 0.2) is 18.1 Å². The molecule has 0 aliphatic heterocycles. The molecular formula is C25H23IN2O5. The number of hydrazone groups is 1. The van der Waals surface area contributed by atoms with Crippen LogP contribution >= 0.6 is 22.6 Å². The molecule has 0 atom stereocenters. The third-order valence-electron chi connectivity index (χ3n) is 4.74. The van der Waals surface area contributed by atoms with Gasteiger partial charge in [0.2, 0.25) is 0 Å². The number of ether oxygens (including phenoxy) is 3. The van der Waals surface area contributed by atoms with Crippen LogP contribution in [-0.4, -0.2) is 31.8 Å². The fourth-order valence-electron chi connectivity index (χ4n) is 2.79. The van der Waals surface area contributed by atoms with Gasteiger partial charge in [-0.15, -0.1) is 0 Å². The summed E-state index contributed by atoms with van der Waals surface area (Å²) in [6, 6.07) is 17.7. The van der Waals surface area contributed by atoms with Gasteiger partial charge in [0, 0.05) is 3.57 Å². The number of methoxy groups -OCH3 is 1. The topological polar surface area (TPSA) is 86.2 Å². The first kappa shape index (κ1) is 24.2. The lowest BCUT2D eigenvalue weighted by Gasteiger charge is -2.10. The smallest absolute Gasteiger partial charge is 0.344 e. The fourth-order valence-corrected chi connectivity index (χ4v) is 3.40. The van der Waals surface area contributed by atoms with E-state index >= 15 is 0 Å². The Balaban J connectivity index is 1.57. The number of carbonyl (C=O) groups excluding carboxylic acids is 2. The van der Waals surface area contributed by atoms with Crippen molar-refractivity contribution in [2.45, 2.75) is 13.8 Å². The van der Waals surface area contributed by atoms with Crippen molar-refractivity contribution >= 4 is 40.7 Å². The normalized spacial score (nSPS) is 10.7. The Morgan fingerprint density at radius 2 is 1.79 bits per heavy atom. The van der Waals surface area contributed by atoms with Crippen molar-refractivity contribution in [3.8, 4) is 17.2 Å². The van der Waals surface area contributed by atoms with Crippen molar-refractivity contribution in [3.05, 3.63) is 86.5 Å². The minimum absolute atomic E-state index is 0.156. The highest BCUT2D eigenvalue weighted by Gasteiger charge is 2.15. The largest absolute Gasteiger partial charge is 0.493 e. The van der Waals surface area contributed by atoms with E-state index in [4.69, 9.17) is 14.2 Å². The second-order valence-corrected chi connectivity index (χ2v) is 8.27. The van der Waals surface area contributed by atoms with E-state index in [2.05, 4.69) is 33.1 Å². The number of nitrogens with zero attached hydrogens (tertiary/aromatic N) is 1. The van der Waals surface area contributed by atoms with Crippen molar-refractivity contribution in [1.29, 1.82) is 0 Å². The van der Waals surface area contributed by atoms with E-state index in [9.17, 15) is 9.59 Å². The van der Waals surface area contributed by atoms with Crippen molar-refractivity contribution in [2.24, 2.45) is 5.10 Å². The molecule has 0 fully saturated rings. The molecule has 0 saturated carbocycles. The maximum Gasteiger partial charge on any atom is 0.344 e. The number of rotatable bonds is 8. The number of amides is 1. The molecule has 0 aromatic heterocycles. The number of benzene rings is 3. The summed E-state index contributed by atoms with van der Waals surface area (Å²) in [6.07, 6.45) is 1.46. The van der Waals surface area contributed by atoms with Gasteiger partial charge < -0.3 is 14.2 Å². The van der Waals surface area contributed by atoms with Crippen molar-refractivity contribution in [2.75, 3.05) is 13.7 Å². The molecule has 0 unspecified atom stereocenters. The summed E-state index contributed by atoms with van der Waals surface area (Å²) in [7, 11) is 1.48. The van der Waals surface area contributed by atoms with E-state index in [0.717, 1.165) is 14.7 Å². The zero-order valence-corrected chi connectivity index (χ0v) is 20.6. The molecule has 1 N–H and O–H groups in total. The molecule has 170 valence electrons. The molecule has 33 heavy (non-hydrogen) atoms. The highest BCUT2D eigenvalue weighted by Crippen LogP contribution is 2.29. The maximum absolute atomic E-state index is 12.5. The zero-order chi connectivity index (χ0) is 23.8. The van der Waals surface area contributed by atoms with Gasteiger partial charge in [0.1, 0.15) is 5.75 Å². The van der Waals surface area contributed by atoms with Crippen LogP contribution in [0.1, 0.15) is 27.0 Å². The molecule has 0 radical (unpaired) electrons. The van der Waals surface area contributed by atoms with E-state index < -0.39 is 5.97 Å². The standard InChI is InChI=1S/C25H23IN2O5/c1-16-8-10-19(12-17(16)2)32-15-24(29)28-27-14-18-9-11-22(23(13-18)31-3)33-25(30)20-6-4-5-7-21(20)26/h4-14H,15H2,1-3H3,(H,28,29)/b27-14-. The highest BCUT2D eigenvalue weighted by atomic mass is 127. The Morgan fingerprint density at radius 1 is 1.00 bits per heavy atom. The number of esters is 1. The predicted octanol–water partition coefficient (Wildman–Crippen LogP) is 4.66. The van der Waals surface area contributed by atoms with Gasteiger partial charge in [-0.1, -0.05) is 18.2 Å². The first-order valence-electron chi connectivity index (χ1n) is 10.0. The second-order valence-electron chi connectivity index (χ2n) is 7.11. The van der Waals surface area contributed by atoms with Crippen LogP contribution < -0.4 is 19.6 Å². The van der Waals surface area contributed by atoms with Crippen molar-refractivity contribution < 1.29 is 23.8 Å². The fraction of sp³-hybridized carbons (Fsp3) is 0.160. The van der Waals surface area contributed by atoms with Crippen LogP contribution in [0.2, 0.25) is 0 Å². The van der Waals surface area contributed by atoms with Crippen molar-refractivity contribution in [1.82, 2.24) is 5.43 Å². The summed E-state index contributed by atoms with van der Waals surface area (Å²) in [4.78, 5) is 24.5. The number of halogens is 1. The van der Waals surface area contributed by atoms with Gasteiger partial charge in [0.05, 0.1) is 18.9 Å². The molecule has 0 saturated heterocycles. The van der Waals surface area contributed by atoms with Crippen LogP contribution in [0.25, 0.3) is 0 Å². The summed E-state index contributed by atoms with van der Waals surface area (Å²) in [6.45, 7) is 3.84. The molecule has 3 rings (SSSR count). The summed E-state index contributed by atoms with van der Waals surface area (Å²) in [5.41, 5.74) is 5.78. The maximum atomic E-state index is 12.5. The van der Waals surface area contributed by atoms with Crippen molar-refractivity contribution in [3.63, 3.8) is 0 Å². The number of hydrogen-bond acceptors (Lipinski definition) is 6. The molecular weight excluding hydrogens is 535 g/mol. The van der Waals surface area contributed by atoms with E-state index in [1.54, 1.807) is 30.3 Å². The first-order chi connectivity index (χ1) is 15.9. The molecule has 3 aromatic carbocycles. The van der Waals surface area contributed by atoms with Crippen LogP contribution in [-0.2, 0) is 4.79 Å². The molecule has 3 aromatic rings. The quantitative estimate of drug-likeness (QED) is 0.143. The van der Waals surface area contributed by atoms with Crippen LogP contribution in [0.4, 0.5) is 0 Å². The van der Waals surface area contributed by atoms with Gasteiger partial charge in [-0.3, -0.25) is 4.79 Å². The Morgan fingerprint density at radius 3 is 2.52 bits per heavy atom. The molecule has 0 aliphatic carbocycles. The molecule has 8 heteroatoms. The summed E-state index contributed by atoms with van der Waals surface area (Å²) in [5.74, 6) is 0.403. The minimum atomic E-state index is -0.476. The lowest BCUT2D eigenvalue weighted by molar-refractivity contribution is -0.123. The SMILES string of the molecule is COc1cc(/C=N\NC(=O)COc2ccc(C)c(C)c2)ccc1OC(=O)c1ccccc1I. The number of nitrogens with one attached hydrogen (secondary N) is 1. The Labute approximate surface area is 205 Å². The summed E-state index contributed by atoms with van der Waals surface area (Å²) >= 11 is 2.08. The number of aryl methyl sites for hydroxylation is 2. The lowest BCUT2D eigenvalue weighted by atomic mass is 10.1. The average molecular weight is 558 g/mol. The van der Waals surface area contributed by atoms with Crippen LogP contribution in [0.5, 0.6) is 17.2 Å². The monoisotopic (exact) mass is 558 g/mol. The van der Waals surface area contributed by atoms with Gasteiger partial charge in [-0.2, -0.15) is 5.10 Å². The van der Waals surface area contributed by atoms with E-state index in [0.29, 0.717) is 22.6 Å². The minimum Gasteiger partial charge on any atom is -0.493 e. The Hall–Kier alpha value is -3.40. The zero-order valence-electron chi connectivity index (χ0n) is 18.4. The summed E-state index contributed by atoms with van der Waals surface area (Å²) < 4.78 is 17.1. The molecule has 0 aliphatic rings. The summed E-state index contributed by atoms with van der Waals surface area (Å²) in [5, 5.41) is 3.94. The number of carbonyl (C=O) groups is 2. The van der Waals surface area contributed by atoms with Crippen LogP contribution in [0.15, 0.2) is 65.8 Å². The molecule has 0 bridgehead atoms. The molecule has 0 heterocycles. The van der Waals surface area contributed by atoms with Crippen LogP contribution in [0, 0.1) is 17.4 Å². The highest BCUT2D eigenvalue weighted by molar-refractivity contribution is 14.1. The molecule has 0 spiro atoms. The van der Waals surface area contributed by atoms with E-state index in [-0.39, 0.29) is 18.3 Å². The van der Waals surface area contributed by atoms with Gasteiger partial charge >= 0.3 is 5.97 Å². The number of hydrogen-bond donors (Lipinski definition) is 1. The third kappa shape index (κ3) is 6.79. The average Bonchev–Trinajstić information content (AvgIpc) is 2.81. The third-order valence-corrected chi connectivity index (χ3v) is 5.68. The van der Waals surface area contributed by atoms with Gasteiger partial charge in [-0.05, 0) is 95.6 Å². The predicted molar refractivity (Wildman–Crippen MR) is 134 cm³/mol. The van der Waals surface area contributed by atoms with Gasteiger partial charge in [-0.25, -0.2) is 10.2 Å². The van der Waals surface area contributed by atoms with E-state index in [1.165, 1.54) is 13.3 Å².